The van der Waals surface area contributed by atoms with Gasteiger partial charge in [0.25, 0.3) is 0 Å². The summed E-state index contributed by atoms with van der Waals surface area (Å²) in [7, 11) is -0.667. The molecule has 29 heavy (non-hydrogen) atoms. The summed E-state index contributed by atoms with van der Waals surface area (Å²) in [6, 6.07) is 7.44. The Morgan fingerprint density at radius 3 is 2.31 bits per heavy atom. The van der Waals surface area contributed by atoms with Gasteiger partial charge in [0.1, 0.15) is 0 Å². The van der Waals surface area contributed by atoms with E-state index in [1.54, 1.807) is 6.07 Å². The Morgan fingerprint density at radius 1 is 1.17 bits per heavy atom. The molecule has 0 radical (unpaired) electrons. The SMILES string of the molecule is Cc1cc(C(CC(=O)O)B2OC(C)(C)C(C)(C)O2)c(C)n1-c1cccc(Cl)c1Cl. The molecule has 0 bridgehead atoms. The molecular weight excluding hydrogens is 412 g/mol. The van der Waals surface area contributed by atoms with E-state index in [-0.39, 0.29) is 6.42 Å². The van der Waals surface area contributed by atoms with Crippen LogP contribution in [0.15, 0.2) is 24.3 Å². The van der Waals surface area contributed by atoms with Crippen molar-refractivity contribution in [1.29, 1.82) is 0 Å². The Bertz CT molecular complexity index is 938. The lowest BCUT2D eigenvalue weighted by molar-refractivity contribution is -0.137. The average Bonchev–Trinajstić information content (AvgIpc) is 3.00. The number of rotatable bonds is 5. The van der Waals surface area contributed by atoms with Gasteiger partial charge in [-0.3, -0.25) is 4.79 Å². The fourth-order valence-electron chi connectivity index (χ4n) is 3.79. The zero-order valence-corrected chi connectivity index (χ0v) is 19.1. The topological polar surface area (TPSA) is 60.7 Å². The van der Waals surface area contributed by atoms with Gasteiger partial charge in [0, 0.05) is 17.2 Å². The van der Waals surface area contributed by atoms with Gasteiger partial charge in [0.2, 0.25) is 0 Å². The molecule has 8 heteroatoms. The van der Waals surface area contributed by atoms with Crippen LogP contribution in [0.25, 0.3) is 5.69 Å². The zero-order chi connectivity index (χ0) is 21.7. The Balaban J connectivity index is 2.09. The van der Waals surface area contributed by atoms with Crippen molar-refractivity contribution in [1.82, 2.24) is 4.57 Å². The Hall–Kier alpha value is -1.47. The van der Waals surface area contributed by atoms with Gasteiger partial charge in [-0.1, -0.05) is 29.3 Å². The smallest absolute Gasteiger partial charge is 0.466 e. The molecule has 0 saturated carbocycles. The van der Waals surface area contributed by atoms with Gasteiger partial charge in [-0.2, -0.15) is 0 Å². The number of carboxylic acid groups (broad SMARTS) is 1. The fraction of sp³-hybridized carbons (Fsp3) is 0.476. The van der Waals surface area contributed by atoms with E-state index in [4.69, 9.17) is 32.5 Å². The molecule has 1 unspecified atom stereocenters. The maximum atomic E-state index is 11.7. The largest absolute Gasteiger partial charge is 0.481 e. The van der Waals surface area contributed by atoms with E-state index in [9.17, 15) is 9.90 Å². The Morgan fingerprint density at radius 2 is 1.76 bits per heavy atom. The molecule has 0 aliphatic carbocycles. The normalized spacial score (nSPS) is 18.8. The van der Waals surface area contributed by atoms with Crippen LogP contribution in [0.3, 0.4) is 0 Å². The molecule has 5 nitrogen and oxygen atoms in total. The van der Waals surface area contributed by atoms with Crippen molar-refractivity contribution in [3.8, 4) is 5.69 Å². The van der Waals surface area contributed by atoms with E-state index in [1.165, 1.54) is 0 Å². The summed E-state index contributed by atoms with van der Waals surface area (Å²) in [5.74, 6) is -1.37. The summed E-state index contributed by atoms with van der Waals surface area (Å²) in [6.07, 6.45) is -0.107. The number of halogens is 2. The van der Waals surface area contributed by atoms with Gasteiger partial charge in [-0.05, 0) is 65.3 Å². The average molecular weight is 438 g/mol. The number of hydrogen-bond acceptors (Lipinski definition) is 3. The van der Waals surface area contributed by atoms with Gasteiger partial charge < -0.3 is 19.0 Å². The first-order valence-electron chi connectivity index (χ1n) is 9.56. The second kappa shape index (κ2) is 7.66. The lowest BCUT2D eigenvalue weighted by Gasteiger charge is -2.32. The minimum absolute atomic E-state index is 0.107. The molecule has 1 aromatic heterocycles. The number of aliphatic carboxylic acids is 1. The number of aryl methyl sites for hydroxylation is 1. The molecule has 1 N–H and O–H groups in total. The molecule has 3 rings (SSSR count). The lowest BCUT2D eigenvalue weighted by atomic mass is 9.66. The third kappa shape index (κ3) is 3.96. The van der Waals surface area contributed by atoms with E-state index in [0.29, 0.717) is 10.0 Å². The standard InChI is InChI=1S/C21H26BCl2NO4/c1-12-10-14(13(2)25(12)17-9-7-8-16(23)19(17)24)15(11-18(26)27)22-28-20(3,4)21(5,6)29-22/h7-10,15H,11H2,1-6H3,(H,26,27). The highest BCUT2D eigenvalue weighted by Crippen LogP contribution is 2.43. The van der Waals surface area contributed by atoms with Crippen molar-refractivity contribution in [2.75, 3.05) is 0 Å². The highest BCUT2D eigenvalue weighted by atomic mass is 35.5. The number of benzene rings is 1. The zero-order valence-electron chi connectivity index (χ0n) is 17.5. The third-order valence-electron chi connectivity index (χ3n) is 6.04. The van der Waals surface area contributed by atoms with Crippen LogP contribution in [0.4, 0.5) is 0 Å². The molecule has 1 aliphatic heterocycles. The summed E-state index contributed by atoms with van der Waals surface area (Å²) < 4.78 is 14.4. The first-order chi connectivity index (χ1) is 13.4. The van der Waals surface area contributed by atoms with E-state index < -0.39 is 30.1 Å². The molecule has 156 valence electrons. The first kappa shape index (κ1) is 22.2. The summed E-state index contributed by atoms with van der Waals surface area (Å²) in [5, 5.41) is 10.5. The Labute approximate surface area is 182 Å². The summed E-state index contributed by atoms with van der Waals surface area (Å²) in [5.41, 5.74) is 2.33. The number of nitrogens with zero attached hydrogens (tertiary/aromatic N) is 1. The number of hydrogen-bond donors (Lipinski definition) is 1. The molecule has 0 amide bonds. The van der Waals surface area contributed by atoms with Gasteiger partial charge >= 0.3 is 13.1 Å². The minimum Gasteiger partial charge on any atom is -0.481 e. The quantitative estimate of drug-likeness (QED) is 0.619. The molecule has 2 aromatic rings. The van der Waals surface area contributed by atoms with Gasteiger partial charge in [0.15, 0.2) is 0 Å². The molecular formula is C21H26BCl2NO4. The molecule has 1 fully saturated rings. The molecule has 0 spiro atoms. The van der Waals surface area contributed by atoms with Crippen LogP contribution >= 0.6 is 23.2 Å². The van der Waals surface area contributed by atoms with Gasteiger partial charge in [0.05, 0.1) is 33.4 Å². The number of carboxylic acids is 1. The molecule has 1 aromatic carbocycles. The second-order valence-corrected chi connectivity index (χ2v) is 9.35. The van der Waals surface area contributed by atoms with Crippen LogP contribution < -0.4 is 0 Å². The predicted molar refractivity (Wildman–Crippen MR) is 116 cm³/mol. The number of aromatic nitrogens is 1. The third-order valence-corrected chi connectivity index (χ3v) is 6.85. The molecule has 1 saturated heterocycles. The van der Waals surface area contributed by atoms with Crippen LogP contribution in [0.2, 0.25) is 10.0 Å². The van der Waals surface area contributed by atoms with Crippen LogP contribution in [0, 0.1) is 13.8 Å². The van der Waals surface area contributed by atoms with Crippen LogP contribution in [0.5, 0.6) is 0 Å². The first-order valence-corrected chi connectivity index (χ1v) is 10.3. The van der Waals surface area contributed by atoms with Gasteiger partial charge in [-0.15, -0.1) is 0 Å². The van der Waals surface area contributed by atoms with E-state index >= 15 is 0 Å². The summed E-state index contributed by atoms with van der Waals surface area (Å²) in [4.78, 5) is 11.7. The fourth-order valence-corrected chi connectivity index (χ4v) is 4.17. The van der Waals surface area contributed by atoms with Crippen molar-refractivity contribution in [2.24, 2.45) is 0 Å². The van der Waals surface area contributed by atoms with Gasteiger partial charge in [-0.25, -0.2) is 0 Å². The summed E-state index contributed by atoms with van der Waals surface area (Å²) >= 11 is 12.7. The highest BCUT2D eigenvalue weighted by Gasteiger charge is 2.54. The monoisotopic (exact) mass is 437 g/mol. The molecule has 1 atom stereocenters. The molecule has 1 aliphatic rings. The summed E-state index contributed by atoms with van der Waals surface area (Å²) in [6.45, 7) is 11.7. The van der Waals surface area contributed by atoms with Crippen molar-refractivity contribution in [2.45, 2.75) is 65.0 Å². The van der Waals surface area contributed by atoms with E-state index in [1.807, 2.05) is 64.3 Å². The van der Waals surface area contributed by atoms with Crippen molar-refractivity contribution >= 4 is 36.3 Å². The second-order valence-electron chi connectivity index (χ2n) is 8.56. The van der Waals surface area contributed by atoms with Crippen molar-refractivity contribution in [3.05, 3.63) is 51.3 Å². The molecule has 2 heterocycles. The van der Waals surface area contributed by atoms with Crippen molar-refractivity contribution < 1.29 is 19.2 Å². The number of carbonyl (C=O) groups is 1. The predicted octanol–water partition coefficient (Wildman–Crippen LogP) is 5.59. The minimum atomic E-state index is -0.907. The lowest BCUT2D eigenvalue weighted by Crippen LogP contribution is -2.41. The van der Waals surface area contributed by atoms with E-state index in [0.717, 1.165) is 22.6 Å². The van der Waals surface area contributed by atoms with E-state index in [2.05, 4.69) is 0 Å². The van der Waals surface area contributed by atoms with Crippen LogP contribution in [0.1, 0.15) is 56.9 Å². The van der Waals surface area contributed by atoms with Crippen molar-refractivity contribution in [3.63, 3.8) is 0 Å². The Kier molecular flexibility index (Phi) is 5.87. The van der Waals surface area contributed by atoms with Crippen LogP contribution in [-0.2, 0) is 14.1 Å². The van der Waals surface area contributed by atoms with Crippen LogP contribution in [-0.4, -0.2) is 34.0 Å². The highest BCUT2D eigenvalue weighted by molar-refractivity contribution is 6.48. The maximum absolute atomic E-state index is 11.7. The maximum Gasteiger partial charge on any atom is 0.466 e.